The van der Waals surface area contributed by atoms with E-state index in [2.05, 4.69) is 76.0 Å². The van der Waals surface area contributed by atoms with Crippen molar-refractivity contribution in [2.75, 3.05) is 42.3 Å². The molecule has 0 amide bonds. The van der Waals surface area contributed by atoms with Crippen LogP contribution < -0.4 is 0 Å². The first-order valence-electron chi connectivity index (χ1n) is 8.27. The third-order valence-corrected chi connectivity index (χ3v) is 2.53. The number of halogens is 1. The van der Waals surface area contributed by atoms with Crippen molar-refractivity contribution in [2.45, 2.75) is 33.2 Å². The van der Waals surface area contributed by atoms with Gasteiger partial charge >= 0.3 is 30.2 Å². The predicted molar refractivity (Wildman–Crippen MR) is 140 cm³/mol. The molecule has 2 radical (unpaired) electrons. The first kappa shape index (κ1) is 43.2. The Morgan fingerprint density at radius 3 is 1.52 bits per heavy atom. The third-order valence-electron chi connectivity index (χ3n) is 1.84. The molecule has 0 unspecified atom stereocenters. The molecule has 4 nitrogen and oxygen atoms in total. The van der Waals surface area contributed by atoms with E-state index in [0.29, 0.717) is 0 Å². The summed E-state index contributed by atoms with van der Waals surface area (Å²) >= 11 is 4.87. The van der Waals surface area contributed by atoms with E-state index in [4.69, 9.17) is 5.73 Å². The van der Waals surface area contributed by atoms with Crippen LogP contribution >= 0.6 is 15.9 Å². The Hall–Kier alpha value is 0.250. The monoisotopic (exact) mass is 559 g/mol. The van der Waals surface area contributed by atoms with Gasteiger partial charge in [0.25, 0.3) is 0 Å². The van der Waals surface area contributed by atoms with Crippen molar-refractivity contribution in [3.05, 3.63) is 76.9 Å². The van der Waals surface area contributed by atoms with E-state index in [1.165, 1.54) is 44.1 Å². The van der Waals surface area contributed by atoms with Crippen LogP contribution in [0.3, 0.4) is 0 Å². The standard InChI is InChI=1S/C10H8Br.C4H10N.3C2H6N.2CH3.Si.Zr/c1-7-5-8-3-2-4-10(11)9(8)6-7;1-4(2,3)5;3*1-3-2;;;;/h2-6H,1H3;5H,1-3H3;3*1-2H3;2*1H3;;/q7*-1;;. The van der Waals surface area contributed by atoms with Crippen molar-refractivity contribution in [1.29, 1.82) is 0 Å². The number of nitrogens with one attached hydrogen (secondary N) is 1. The molecule has 0 fully saturated rings. The molecule has 2 aromatic carbocycles. The summed E-state index contributed by atoms with van der Waals surface area (Å²) in [5.74, 6) is 0. The normalized spacial score (nSPS) is 8.10. The number of aryl methyl sites for hydroxylation is 1. The quantitative estimate of drug-likeness (QED) is 0.232. The Morgan fingerprint density at radius 2 is 1.24 bits per heavy atom. The first-order valence-corrected chi connectivity index (χ1v) is 13.3. The van der Waals surface area contributed by atoms with E-state index in [9.17, 15) is 0 Å². The van der Waals surface area contributed by atoms with E-state index >= 15 is 0 Å². The molecule has 29 heavy (non-hydrogen) atoms. The molecule has 0 bridgehead atoms. The van der Waals surface area contributed by atoms with Gasteiger partial charge in [0.2, 0.25) is 0 Å². The van der Waals surface area contributed by atoms with Crippen molar-refractivity contribution in [2.24, 2.45) is 0 Å². The number of benzene rings is 1. The van der Waals surface area contributed by atoms with Crippen molar-refractivity contribution >= 4 is 33.6 Å². The Morgan fingerprint density at radius 1 is 0.931 bits per heavy atom. The van der Waals surface area contributed by atoms with Crippen molar-refractivity contribution < 1.29 is 23.3 Å². The van der Waals surface area contributed by atoms with Crippen molar-refractivity contribution in [3.8, 4) is 0 Å². The summed E-state index contributed by atoms with van der Waals surface area (Å²) < 4.78 is 1.18. The Kier molecular flexibility index (Phi) is 45.3. The number of hydrogen-bond donors (Lipinski definition) is 0. The summed E-state index contributed by atoms with van der Waals surface area (Å²) in [5.41, 5.74) is 8.01. The van der Waals surface area contributed by atoms with Crippen LogP contribution in [0.2, 0.25) is 0 Å². The Bertz CT molecular complexity index is 532. The summed E-state index contributed by atoms with van der Waals surface area (Å²) in [6, 6.07) is 10.7. The number of fused-ring (bicyclic) bond motifs is 1. The van der Waals surface area contributed by atoms with Crippen LogP contribution in [-0.4, -0.2) is 54.7 Å². The Labute approximate surface area is 208 Å². The zero-order chi connectivity index (χ0) is 22.5. The Balaban J connectivity index is -0.0000000633. The van der Waals surface area contributed by atoms with Crippen LogP contribution in [0.5, 0.6) is 0 Å². The second kappa shape index (κ2) is 30.4. The second-order valence-electron chi connectivity index (χ2n) is 6.37. The minimum absolute atomic E-state index is 0. The molecule has 0 aliphatic heterocycles. The third kappa shape index (κ3) is 39.3. The molecule has 7 heteroatoms. The molecule has 172 valence electrons. The van der Waals surface area contributed by atoms with Crippen LogP contribution in [0.1, 0.15) is 26.3 Å². The van der Waals surface area contributed by atoms with Gasteiger partial charge in [0.05, 0.1) is 0 Å². The van der Waals surface area contributed by atoms with Crippen LogP contribution in [0, 0.1) is 21.8 Å². The molecular weight excluding hydrogens is 519 g/mol. The number of nitrogens with zero attached hydrogens (tertiary/aromatic N) is 3. The molecule has 0 spiro atoms. The zero-order valence-corrected chi connectivity index (χ0v) is 25.7. The first-order chi connectivity index (χ1) is 12.5. The second-order valence-corrected chi connectivity index (χ2v) is 7.22. The van der Waals surface area contributed by atoms with E-state index in [0.717, 1.165) is 0 Å². The summed E-state index contributed by atoms with van der Waals surface area (Å²) in [5, 5.41) is 13.1. The van der Waals surface area contributed by atoms with Gasteiger partial charge in [0.15, 0.2) is 0 Å². The topological polar surface area (TPSA) is 66.1 Å². The zero-order valence-electron chi connectivity index (χ0n) is 20.6. The van der Waals surface area contributed by atoms with Crippen LogP contribution in [0.4, 0.5) is 0 Å². The van der Waals surface area contributed by atoms with E-state index in [1.54, 1.807) is 42.3 Å². The summed E-state index contributed by atoms with van der Waals surface area (Å²) in [7, 11) is 10.5. The molecule has 0 aliphatic rings. The molecule has 0 aromatic heterocycles. The molecule has 1 N–H and O–H groups in total. The molecular formula is C22H42BrN4SiZr-7. The maximum atomic E-state index is 6.94. The molecule has 0 aliphatic carbocycles. The molecule has 0 heterocycles. The van der Waals surface area contributed by atoms with Crippen molar-refractivity contribution in [1.82, 2.24) is 0 Å². The molecule has 0 saturated carbocycles. The maximum absolute atomic E-state index is 6.94. The average Bonchev–Trinajstić information content (AvgIpc) is 2.92. The molecule has 2 rings (SSSR count). The molecule has 0 atom stereocenters. The summed E-state index contributed by atoms with van der Waals surface area (Å²) in [4.78, 5) is 0. The van der Waals surface area contributed by atoms with E-state index < -0.39 is 0 Å². The number of hydrogen-bond acceptors (Lipinski definition) is 0. The minimum atomic E-state index is -0.250. The van der Waals surface area contributed by atoms with Gasteiger partial charge in [-0.1, -0.05) is 49.7 Å². The SMILES string of the molecule is CC(C)(C)[NH-].C[N-]C.C[N-]C.C[N-]C.Cc1cc2c(Br)cccc2[cH-]1.[CH3-].[CH3-].[Si]=[Zr]. The van der Waals surface area contributed by atoms with Gasteiger partial charge in [-0.05, 0) is 4.47 Å². The fourth-order valence-electron chi connectivity index (χ4n) is 1.35. The van der Waals surface area contributed by atoms with Crippen LogP contribution in [-0.2, 0) is 23.3 Å². The van der Waals surface area contributed by atoms with Gasteiger partial charge in [0, 0.05) is 0 Å². The number of rotatable bonds is 0. The predicted octanol–water partition coefficient (Wildman–Crippen LogP) is 7.84. The van der Waals surface area contributed by atoms with E-state index in [-0.39, 0.29) is 20.4 Å². The fourth-order valence-corrected chi connectivity index (χ4v) is 1.84. The van der Waals surface area contributed by atoms with Gasteiger partial charge < -0.3 is 36.5 Å². The van der Waals surface area contributed by atoms with Crippen LogP contribution in [0.15, 0.2) is 34.8 Å². The van der Waals surface area contributed by atoms with Crippen LogP contribution in [0.25, 0.3) is 32.5 Å². The van der Waals surface area contributed by atoms with Gasteiger partial charge in [-0.3, -0.25) is 0 Å². The van der Waals surface area contributed by atoms with Gasteiger partial charge in [-0.15, -0.1) is 40.1 Å². The average molecular weight is 562 g/mol. The van der Waals surface area contributed by atoms with Gasteiger partial charge in [-0.2, -0.15) is 48.4 Å². The van der Waals surface area contributed by atoms with Gasteiger partial charge in [-0.25, -0.2) is 0 Å². The molecule has 0 saturated heterocycles. The van der Waals surface area contributed by atoms with E-state index in [1.807, 2.05) is 20.8 Å². The summed E-state index contributed by atoms with van der Waals surface area (Å²) in [6.07, 6.45) is 0. The van der Waals surface area contributed by atoms with Gasteiger partial charge in [0.1, 0.15) is 0 Å². The fraction of sp³-hybridized carbons (Fsp3) is 0.500. The van der Waals surface area contributed by atoms with Crippen molar-refractivity contribution in [3.63, 3.8) is 0 Å². The molecule has 2 aromatic rings. The summed E-state index contributed by atoms with van der Waals surface area (Å²) in [6.45, 7) is 10.7.